The van der Waals surface area contributed by atoms with Gasteiger partial charge in [0.15, 0.2) is 6.10 Å². The largest absolute Gasteiger partial charge is 0.479 e. The first-order chi connectivity index (χ1) is 13.7. The molecule has 0 saturated carbocycles. The van der Waals surface area contributed by atoms with Crippen molar-refractivity contribution in [2.24, 2.45) is 0 Å². The molecule has 0 aliphatic rings. The fourth-order valence-corrected chi connectivity index (χ4v) is 2.46. The summed E-state index contributed by atoms with van der Waals surface area (Å²) in [6.45, 7) is 11.4. The van der Waals surface area contributed by atoms with E-state index in [9.17, 15) is 9.59 Å². The van der Waals surface area contributed by atoms with Crippen molar-refractivity contribution in [2.45, 2.75) is 52.7 Å². The molecule has 1 rings (SSSR count). The zero-order valence-corrected chi connectivity index (χ0v) is 18.2. The van der Waals surface area contributed by atoms with Crippen LogP contribution < -0.4 is 4.74 Å². The molecule has 158 valence electrons. The maximum Gasteiger partial charge on any atom is 0.347 e. The highest BCUT2D eigenvalue weighted by Crippen LogP contribution is 2.19. The summed E-state index contributed by atoms with van der Waals surface area (Å²) in [4.78, 5) is 23.7. The van der Waals surface area contributed by atoms with Crippen LogP contribution in [-0.4, -0.2) is 30.8 Å². The van der Waals surface area contributed by atoms with Gasteiger partial charge in [-0.05, 0) is 70.4 Å². The number of carbonyl (C=O) groups is 2. The van der Waals surface area contributed by atoms with Crippen molar-refractivity contribution in [3.05, 3.63) is 65.2 Å². The Kier molecular flexibility index (Phi) is 10.8. The number of benzene rings is 1. The maximum atomic E-state index is 12.4. The van der Waals surface area contributed by atoms with Gasteiger partial charge in [0.1, 0.15) is 11.9 Å². The second-order valence-electron chi connectivity index (χ2n) is 6.65. The monoisotopic (exact) mass is 420 g/mol. The molecule has 0 fully saturated rings. The van der Waals surface area contributed by atoms with Crippen LogP contribution in [0.3, 0.4) is 0 Å². The Labute approximate surface area is 178 Å². The average Bonchev–Trinajstić information content (AvgIpc) is 2.66. The van der Waals surface area contributed by atoms with Gasteiger partial charge >= 0.3 is 11.9 Å². The number of carbonyl (C=O) groups excluding carboxylic acids is 2. The lowest BCUT2D eigenvalue weighted by Gasteiger charge is -2.21. The van der Waals surface area contributed by atoms with E-state index in [1.807, 2.05) is 19.9 Å². The molecule has 0 N–H and O–H groups in total. The highest BCUT2D eigenvalue weighted by Gasteiger charge is 2.22. The molecule has 2 atom stereocenters. The minimum absolute atomic E-state index is 0.345. The van der Waals surface area contributed by atoms with Crippen molar-refractivity contribution in [2.75, 3.05) is 6.61 Å². The first kappa shape index (κ1) is 24.5. The topological polar surface area (TPSA) is 61.8 Å². The zero-order valence-electron chi connectivity index (χ0n) is 17.4. The Morgan fingerprint density at radius 3 is 2.45 bits per heavy atom. The van der Waals surface area contributed by atoms with Crippen molar-refractivity contribution in [1.82, 2.24) is 0 Å². The standard InChI is InChI=1S/C23H29ClO5/c1-6-27-22(25)9-7-8-17(4)10-15-21(16(2)3)29-23(26)18(5)28-20-13-11-19(24)12-14-20/h7-9,11-14,18,21H,2,6,10,15H2,1,3-5H3. The first-order valence-electron chi connectivity index (χ1n) is 9.51. The molecule has 0 aromatic heterocycles. The summed E-state index contributed by atoms with van der Waals surface area (Å²) in [5.41, 5.74) is 1.80. The van der Waals surface area contributed by atoms with Gasteiger partial charge in [-0.1, -0.05) is 35.9 Å². The van der Waals surface area contributed by atoms with E-state index in [2.05, 4.69) is 6.58 Å². The van der Waals surface area contributed by atoms with Gasteiger partial charge in [0.05, 0.1) is 6.61 Å². The minimum Gasteiger partial charge on any atom is -0.479 e. The zero-order chi connectivity index (χ0) is 21.8. The lowest BCUT2D eigenvalue weighted by atomic mass is 10.0. The van der Waals surface area contributed by atoms with Gasteiger partial charge in [0.25, 0.3) is 0 Å². The van der Waals surface area contributed by atoms with E-state index in [0.29, 0.717) is 30.2 Å². The lowest BCUT2D eigenvalue weighted by Crippen LogP contribution is -2.30. The molecule has 0 spiro atoms. The van der Waals surface area contributed by atoms with Crippen LogP contribution >= 0.6 is 11.6 Å². The van der Waals surface area contributed by atoms with Gasteiger partial charge in [0, 0.05) is 11.1 Å². The van der Waals surface area contributed by atoms with Crippen LogP contribution in [0.4, 0.5) is 0 Å². The second kappa shape index (κ2) is 12.8. The normalized spacial score (nSPS) is 13.6. The van der Waals surface area contributed by atoms with Crippen LogP contribution in [0, 0.1) is 0 Å². The molecule has 1 aromatic carbocycles. The van der Waals surface area contributed by atoms with Gasteiger partial charge < -0.3 is 14.2 Å². The molecule has 0 amide bonds. The summed E-state index contributed by atoms with van der Waals surface area (Å²) in [5, 5.41) is 0.593. The predicted octanol–water partition coefficient (Wildman–Crippen LogP) is 5.44. The van der Waals surface area contributed by atoms with Crippen molar-refractivity contribution >= 4 is 23.5 Å². The van der Waals surface area contributed by atoms with Crippen LogP contribution in [0.5, 0.6) is 5.75 Å². The van der Waals surface area contributed by atoms with Crippen LogP contribution in [0.15, 0.2) is 60.2 Å². The van der Waals surface area contributed by atoms with Crippen LogP contribution in [0.2, 0.25) is 5.02 Å². The Bertz CT molecular complexity index is 749. The molecule has 0 bridgehead atoms. The van der Waals surface area contributed by atoms with Gasteiger partial charge in [-0.15, -0.1) is 0 Å². The van der Waals surface area contributed by atoms with E-state index < -0.39 is 18.2 Å². The highest BCUT2D eigenvalue weighted by molar-refractivity contribution is 6.30. The summed E-state index contributed by atoms with van der Waals surface area (Å²) in [7, 11) is 0. The highest BCUT2D eigenvalue weighted by atomic mass is 35.5. The number of hydrogen-bond acceptors (Lipinski definition) is 5. The minimum atomic E-state index is -0.762. The summed E-state index contributed by atoms with van der Waals surface area (Å²) < 4.78 is 16.0. The Morgan fingerprint density at radius 2 is 1.86 bits per heavy atom. The third kappa shape index (κ3) is 9.99. The molecular formula is C23H29ClO5. The Morgan fingerprint density at radius 1 is 1.21 bits per heavy atom. The van der Waals surface area contributed by atoms with Crippen LogP contribution in [-0.2, 0) is 19.1 Å². The van der Waals surface area contributed by atoms with Crippen molar-refractivity contribution in [3.8, 4) is 5.75 Å². The van der Waals surface area contributed by atoms with Crippen LogP contribution in [0.1, 0.15) is 40.5 Å². The molecule has 0 aliphatic carbocycles. The molecule has 29 heavy (non-hydrogen) atoms. The quantitative estimate of drug-likeness (QED) is 0.206. The smallest absolute Gasteiger partial charge is 0.347 e. The van der Waals surface area contributed by atoms with E-state index >= 15 is 0 Å². The van der Waals surface area contributed by atoms with Gasteiger partial charge in [-0.3, -0.25) is 0 Å². The van der Waals surface area contributed by atoms with Gasteiger partial charge in [-0.25, -0.2) is 9.59 Å². The van der Waals surface area contributed by atoms with E-state index in [0.717, 1.165) is 11.1 Å². The average molecular weight is 421 g/mol. The summed E-state index contributed by atoms with van der Waals surface area (Å²) in [5.74, 6) is -0.297. The molecular weight excluding hydrogens is 392 g/mol. The van der Waals surface area contributed by atoms with Crippen LogP contribution in [0.25, 0.3) is 0 Å². The number of ether oxygens (including phenoxy) is 3. The number of rotatable bonds is 11. The van der Waals surface area contributed by atoms with E-state index in [4.69, 9.17) is 25.8 Å². The molecule has 2 unspecified atom stereocenters. The van der Waals surface area contributed by atoms with Crippen molar-refractivity contribution in [3.63, 3.8) is 0 Å². The summed E-state index contributed by atoms with van der Waals surface area (Å²) in [6.07, 6.45) is 4.95. The molecule has 1 aromatic rings. The third-order valence-electron chi connectivity index (χ3n) is 3.97. The third-order valence-corrected chi connectivity index (χ3v) is 4.22. The van der Waals surface area contributed by atoms with Gasteiger partial charge in [-0.2, -0.15) is 0 Å². The number of hydrogen-bond donors (Lipinski definition) is 0. The maximum absolute atomic E-state index is 12.4. The second-order valence-corrected chi connectivity index (χ2v) is 7.09. The molecule has 5 nitrogen and oxygen atoms in total. The van der Waals surface area contributed by atoms with E-state index in [1.165, 1.54) is 6.08 Å². The SMILES string of the molecule is C=C(C)C(CCC(C)=CC=CC(=O)OCC)OC(=O)C(C)Oc1ccc(Cl)cc1. The van der Waals surface area contributed by atoms with Gasteiger partial charge in [0.2, 0.25) is 0 Å². The van der Waals surface area contributed by atoms with Crippen molar-refractivity contribution < 1.29 is 23.8 Å². The molecule has 0 radical (unpaired) electrons. The fraction of sp³-hybridized carbons (Fsp3) is 0.391. The summed E-state index contributed by atoms with van der Waals surface area (Å²) in [6, 6.07) is 6.77. The molecule has 0 aliphatic heterocycles. The number of esters is 2. The van der Waals surface area contributed by atoms with E-state index in [-0.39, 0.29) is 5.97 Å². The number of halogens is 1. The lowest BCUT2D eigenvalue weighted by molar-refractivity contribution is -0.155. The molecule has 0 heterocycles. The predicted molar refractivity (Wildman–Crippen MR) is 115 cm³/mol. The number of allylic oxidation sites excluding steroid dienone is 3. The summed E-state index contributed by atoms with van der Waals surface area (Å²) >= 11 is 5.85. The molecule has 6 heteroatoms. The Balaban J connectivity index is 2.56. The van der Waals surface area contributed by atoms with Crippen molar-refractivity contribution in [1.29, 1.82) is 0 Å². The fourth-order valence-electron chi connectivity index (χ4n) is 2.33. The molecule has 0 saturated heterocycles. The Hall–Kier alpha value is -2.53. The van der Waals surface area contributed by atoms with E-state index in [1.54, 1.807) is 44.2 Å². The first-order valence-corrected chi connectivity index (χ1v) is 9.89.